The van der Waals surface area contributed by atoms with Crippen LogP contribution >= 0.6 is 0 Å². The zero-order valence-corrected chi connectivity index (χ0v) is 11.0. The van der Waals surface area contributed by atoms with Gasteiger partial charge in [0.2, 0.25) is 0 Å². The van der Waals surface area contributed by atoms with Gasteiger partial charge in [-0.1, -0.05) is 12.1 Å². The molecule has 0 spiro atoms. The minimum absolute atomic E-state index is 0.217. The number of rotatable bonds is 2. The number of hydrogen-bond donors (Lipinski definition) is 1. The molecule has 1 heterocycles. The molecule has 94 valence electrons. The van der Waals surface area contributed by atoms with Crippen LogP contribution in [-0.2, 0) is 0 Å². The van der Waals surface area contributed by atoms with E-state index in [-0.39, 0.29) is 12.6 Å². The highest BCUT2D eigenvalue weighted by molar-refractivity contribution is 5.56. The summed E-state index contributed by atoms with van der Waals surface area (Å²) in [6.45, 7) is 7.46. The van der Waals surface area contributed by atoms with E-state index in [0.717, 1.165) is 19.6 Å². The highest BCUT2D eigenvalue weighted by atomic mass is 16.3. The van der Waals surface area contributed by atoms with Gasteiger partial charge in [-0.3, -0.25) is 0 Å². The standard InChI is InChI=1S/C14H22N2O/c1-11-4-5-12(2)14(8-11)16-7-6-15(3)9-13(16)10-17/h4-5,8,13,17H,6-7,9-10H2,1-3H3. The van der Waals surface area contributed by atoms with Crippen molar-refractivity contribution in [3.63, 3.8) is 0 Å². The van der Waals surface area contributed by atoms with E-state index in [1.807, 2.05) is 0 Å². The number of anilines is 1. The van der Waals surface area contributed by atoms with E-state index < -0.39 is 0 Å². The molecular weight excluding hydrogens is 212 g/mol. The van der Waals surface area contributed by atoms with Crippen molar-refractivity contribution < 1.29 is 5.11 Å². The predicted octanol–water partition coefficient (Wildman–Crippen LogP) is 1.42. The van der Waals surface area contributed by atoms with Crippen LogP contribution in [0, 0.1) is 13.8 Å². The smallest absolute Gasteiger partial charge is 0.0648 e. The van der Waals surface area contributed by atoms with Crippen LogP contribution in [0.4, 0.5) is 5.69 Å². The second-order valence-corrected chi connectivity index (χ2v) is 5.08. The maximum atomic E-state index is 9.53. The lowest BCUT2D eigenvalue weighted by atomic mass is 10.1. The summed E-state index contributed by atoms with van der Waals surface area (Å²) in [5.41, 5.74) is 3.84. The first-order valence-electron chi connectivity index (χ1n) is 6.25. The first-order chi connectivity index (χ1) is 8.11. The maximum absolute atomic E-state index is 9.53. The van der Waals surface area contributed by atoms with Gasteiger partial charge < -0.3 is 14.9 Å². The van der Waals surface area contributed by atoms with Crippen molar-refractivity contribution in [3.8, 4) is 0 Å². The molecule has 1 fully saturated rings. The Labute approximate surface area is 104 Å². The molecule has 17 heavy (non-hydrogen) atoms. The van der Waals surface area contributed by atoms with Gasteiger partial charge in [0.1, 0.15) is 0 Å². The molecular formula is C14H22N2O. The molecule has 3 nitrogen and oxygen atoms in total. The minimum atomic E-state index is 0.217. The average Bonchev–Trinajstić information content (AvgIpc) is 2.32. The van der Waals surface area contributed by atoms with Crippen LogP contribution in [0.25, 0.3) is 0 Å². The first-order valence-corrected chi connectivity index (χ1v) is 6.25. The van der Waals surface area contributed by atoms with E-state index in [2.05, 4.69) is 48.9 Å². The molecule has 0 radical (unpaired) electrons. The number of nitrogens with zero attached hydrogens (tertiary/aromatic N) is 2. The van der Waals surface area contributed by atoms with Gasteiger partial charge in [0.05, 0.1) is 12.6 Å². The Balaban J connectivity index is 2.28. The van der Waals surface area contributed by atoms with Crippen LogP contribution in [-0.4, -0.2) is 49.3 Å². The van der Waals surface area contributed by atoms with E-state index in [4.69, 9.17) is 0 Å². The van der Waals surface area contributed by atoms with Gasteiger partial charge in [-0.15, -0.1) is 0 Å². The normalized spacial score (nSPS) is 21.9. The van der Waals surface area contributed by atoms with Gasteiger partial charge in [-0.05, 0) is 38.1 Å². The number of likely N-dealkylation sites (N-methyl/N-ethyl adjacent to an activating group) is 1. The molecule has 0 aliphatic carbocycles. The van der Waals surface area contributed by atoms with E-state index in [1.165, 1.54) is 16.8 Å². The van der Waals surface area contributed by atoms with Crippen LogP contribution in [0.2, 0.25) is 0 Å². The van der Waals surface area contributed by atoms with Crippen LogP contribution in [0.15, 0.2) is 18.2 Å². The Morgan fingerprint density at radius 1 is 1.29 bits per heavy atom. The number of hydrogen-bond acceptors (Lipinski definition) is 3. The van der Waals surface area contributed by atoms with Crippen LogP contribution in [0.5, 0.6) is 0 Å². The lowest BCUT2D eigenvalue weighted by molar-refractivity contribution is 0.191. The molecule has 1 aliphatic rings. The first kappa shape index (κ1) is 12.4. The summed E-state index contributed by atoms with van der Waals surface area (Å²) in [6, 6.07) is 6.75. The molecule has 1 atom stereocenters. The summed E-state index contributed by atoms with van der Waals surface area (Å²) < 4.78 is 0. The minimum Gasteiger partial charge on any atom is -0.394 e. The third-order valence-corrected chi connectivity index (χ3v) is 3.57. The summed E-state index contributed by atoms with van der Waals surface area (Å²) >= 11 is 0. The van der Waals surface area contributed by atoms with Crippen molar-refractivity contribution in [1.82, 2.24) is 4.90 Å². The van der Waals surface area contributed by atoms with Crippen molar-refractivity contribution in [2.75, 3.05) is 38.2 Å². The van der Waals surface area contributed by atoms with Crippen molar-refractivity contribution in [3.05, 3.63) is 29.3 Å². The van der Waals surface area contributed by atoms with Crippen LogP contribution in [0.3, 0.4) is 0 Å². The molecule has 1 unspecified atom stereocenters. The lowest BCUT2D eigenvalue weighted by Gasteiger charge is -2.41. The molecule has 1 aromatic carbocycles. The summed E-state index contributed by atoms with van der Waals surface area (Å²) in [5.74, 6) is 0. The summed E-state index contributed by atoms with van der Waals surface area (Å²) in [4.78, 5) is 4.63. The lowest BCUT2D eigenvalue weighted by Crippen LogP contribution is -2.53. The molecule has 0 bridgehead atoms. The molecule has 1 aliphatic heterocycles. The van der Waals surface area contributed by atoms with Gasteiger partial charge in [-0.2, -0.15) is 0 Å². The zero-order valence-electron chi connectivity index (χ0n) is 11.0. The number of aliphatic hydroxyl groups is 1. The molecule has 0 amide bonds. The number of piperazine rings is 1. The fraction of sp³-hybridized carbons (Fsp3) is 0.571. The Morgan fingerprint density at radius 2 is 2.06 bits per heavy atom. The summed E-state index contributed by atoms with van der Waals surface area (Å²) in [7, 11) is 2.11. The van der Waals surface area contributed by atoms with Crippen molar-refractivity contribution in [1.29, 1.82) is 0 Å². The Kier molecular flexibility index (Phi) is 3.69. The van der Waals surface area contributed by atoms with Gasteiger partial charge >= 0.3 is 0 Å². The molecule has 0 aromatic heterocycles. The fourth-order valence-corrected chi connectivity index (χ4v) is 2.51. The van der Waals surface area contributed by atoms with Gasteiger partial charge in [0, 0.05) is 25.3 Å². The third-order valence-electron chi connectivity index (χ3n) is 3.57. The summed E-state index contributed by atoms with van der Waals surface area (Å²) in [5, 5.41) is 9.53. The number of benzene rings is 1. The molecule has 0 saturated carbocycles. The largest absolute Gasteiger partial charge is 0.394 e. The Morgan fingerprint density at radius 3 is 2.76 bits per heavy atom. The second kappa shape index (κ2) is 5.07. The highest BCUT2D eigenvalue weighted by Gasteiger charge is 2.25. The quantitative estimate of drug-likeness (QED) is 0.838. The molecule has 3 heteroatoms. The summed E-state index contributed by atoms with van der Waals surface area (Å²) in [6.07, 6.45) is 0. The monoisotopic (exact) mass is 234 g/mol. The SMILES string of the molecule is Cc1ccc(C)c(N2CCN(C)CC2CO)c1. The Bertz CT molecular complexity index is 392. The van der Waals surface area contributed by atoms with Gasteiger partial charge in [0.25, 0.3) is 0 Å². The van der Waals surface area contributed by atoms with E-state index in [0.29, 0.717) is 0 Å². The van der Waals surface area contributed by atoms with E-state index >= 15 is 0 Å². The molecule has 1 saturated heterocycles. The van der Waals surface area contributed by atoms with Crippen LogP contribution < -0.4 is 4.90 Å². The maximum Gasteiger partial charge on any atom is 0.0648 e. The molecule has 2 rings (SSSR count). The topological polar surface area (TPSA) is 26.7 Å². The fourth-order valence-electron chi connectivity index (χ4n) is 2.51. The number of aryl methyl sites for hydroxylation is 2. The average molecular weight is 234 g/mol. The van der Waals surface area contributed by atoms with Crippen molar-refractivity contribution >= 4 is 5.69 Å². The second-order valence-electron chi connectivity index (χ2n) is 5.08. The van der Waals surface area contributed by atoms with Crippen LogP contribution in [0.1, 0.15) is 11.1 Å². The highest BCUT2D eigenvalue weighted by Crippen LogP contribution is 2.25. The van der Waals surface area contributed by atoms with Gasteiger partial charge in [-0.25, -0.2) is 0 Å². The van der Waals surface area contributed by atoms with Crippen molar-refractivity contribution in [2.45, 2.75) is 19.9 Å². The van der Waals surface area contributed by atoms with Gasteiger partial charge in [0.15, 0.2) is 0 Å². The predicted molar refractivity (Wildman–Crippen MR) is 71.6 cm³/mol. The molecule has 1 aromatic rings. The zero-order chi connectivity index (χ0) is 12.4. The van der Waals surface area contributed by atoms with E-state index in [1.54, 1.807) is 0 Å². The van der Waals surface area contributed by atoms with E-state index in [9.17, 15) is 5.11 Å². The van der Waals surface area contributed by atoms with Crippen molar-refractivity contribution in [2.24, 2.45) is 0 Å². The molecule has 1 N–H and O–H groups in total. The number of aliphatic hydroxyl groups excluding tert-OH is 1. The third kappa shape index (κ3) is 2.61. The Hall–Kier alpha value is -1.06.